The van der Waals surface area contributed by atoms with Crippen molar-refractivity contribution in [2.45, 2.75) is 45.4 Å². The molecule has 0 spiro atoms. The SMILES string of the molecule is CC(C)Cc1c(S(=O)(=O)[O-])cc2ccccc2c1CC(C)C.[Na+]. The number of fused-ring (bicyclic) bond motifs is 1. The smallest absolute Gasteiger partial charge is 0.744 e. The van der Waals surface area contributed by atoms with Gasteiger partial charge in [0.15, 0.2) is 0 Å². The van der Waals surface area contributed by atoms with Gasteiger partial charge in [0.2, 0.25) is 0 Å². The third-order valence-electron chi connectivity index (χ3n) is 3.73. The predicted molar refractivity (Wildman–Crippen MR) is 89.0 cm³/mol. The molecular weight excluding hydrogens is 319 g/mol. The Kier molecular flexibility index (Phi) is 7.30. The Hall–Kier alpha value is -0.390. The summed E-state index contributed by atoms with van der Waals surface area (Å²) >= 11 is 0. The second kappa shape index (κ2) is 8.13. The molecule has 0 unspecified atom stereocenters. The summed E-state index contributed by atoms with van der Waals surface area (Å²) in [7, 11) is -4.48. The first-order chi connectivity index (χ1) is 10.2. The second-order valence-corrected chi connectivity index (χ2v) is 8.05. The number of hydrogen-bond acceptors (Lipinski definition) is 3. The first-order valence-electron chi connectivity index (χ1n) is 7.69. The molecule has 2 rings (SSSR count). The van der Waals surface area contributed by atoms with Crippen molar-refractivity contribution in [1.29, 1.82) is 0 Å². The van der Waals surface area contributed by atoms with Crippen LogP contribution >= 0.6 is 0 Å². The van der Waals surface area contributed by atoms with Crippen molar-refractivity contribution < 1.29 is 42.5 Å². The van der Waals surface area contributed by atoms with Gasteiger partial charge < -0.3 is 4.55 Å². The standard InChI is InChI=1S/C18H24O3S.Na/c1-12(2)9-16-15-8-6-5-7-14(15)11-18(22(19,20)21)17(16)10-13(3)4;/h5-8,11-13H,9-10H2,1-4H3,(H,19,20,21);/q;+1/p-1. The second-order valence-electron chi connectivity index (χ2n) is 6.70. The molecule has 3 nitrogen and oxygen atoms in total. The molecule has 0 radical (unpaired) electrons. The van der Waals surface area contributed by atoms with Crippen LogP contribution in [-0.2, 0) is 23.0 Å². The molecule has 23 heavy (non-hydrogen) atoms. The first kappa shape index (κ1) is 20.7. The number of hydrogen-bond donors (Lipinski definition) is 0. The fraction of sp³-hybridized carbons (Fsp3) is 0.444. The van der Waals surface area contributed by atoms with Gasteiger partial charge in [0, 0.05) is 0 Å². The average molecular weight is 342 g/mol. The largest absolute Gasteiger partial charge is 1.00 e. The van der Waals surface area contributed by atoms with Crippen molar-refractivity contribution >= 4 is 20.9 Å². The van der Waals surface area contributed by atoms with Gasteiger partial charge in [0.25, 0.3) is 0 Å². The van der Waals surface area contributed by atoms with Gasteiger partial charge in [0.05, 0.1) is 4.90 Å². The molecule has 0 aliphatic carbocycles. The Morgan fingerprint density at radius 2 is 1.48 bits per heavy atom. The van der Waals surface area contributed by atoms with Crippen molar-refractivity contribution in [3.05, 3.63) is 41.5 Å². The van der Waals surface area contributed by atoms with E-state index in [0.717, 1.165) is 22.8 Å². The molecule has 0 saturated carbocycles. The molecule has 0 fully saturated rings. The number of benzene rings is 2. The van der Waals surface area contributed by atoms with Gasteiger partial charge in [-0.05, 0) is 52.6 Å². The Morgan fingerprint density at radius 3 is 2.00 bits per heavy atom. The van der Waals surface area contributed by atoms with E-state index in [1.54, 1.807) is 6.07 Å². The average Bonchev–Trinajstić information content (AvgIpc) is 2.38. The van der Waals surface area contributed by atoms with Crippen LogP contribution in [0.3, 0.4) is 0 Å². The molecule has 0 heterocycles. The molecule has 2 aromatic carbocycles. The van der Waals surface area contributed by atoms with E-state index < -0.39 is 10.1 Å². The summed E-state index contributed by atoms with van der Waals surface area (Å²) in [6, 6.07) is 9.24. The molecule has 2 aromatic rings. The van der Waals surface area contributed by atoms with E-state index >= 15 is 0 Å². The summed E-state index contributed by atoms with van der Waals surface area (Å²) < 4.78 is 35.3. The Morgan fingerprint density at radius 1 is 0.957 bits per heavy atom. The van der Waals surface area contributed by atoms with Gasteiger partial charge in [-0.1, -0.05) is 52.0 Å². The molecule has 120 valence electrons. The van der Waals surface area contributed by atoms with E-state index in [-0.39, 0.29) is 40.4 Å². The van der Waals surface area contributed by atoms with Crippen LogP contribution in [0, 0.1) is 11.8 Å². The quantitative estimate of drug-likeness (QED) is 0.605. The maximum absolute atomic E-state index is 11.8. The normalized spacial score (nSPS) is 12.0. The van der Waals surface area contributed by atoms with E-state index in [9.17, 15) is 13.0 Å². The monoisotopic (exact) mass is 342 g/mol. The van der Waals surface area contributed by atoms with Gasteiger partial charge in [0.1, 0.15) is 10.1 Å². The van der Waals surface area contributed by atoms with E-state index in [4.69, 9.17) is 0 Å². The minimum Gasteiger partial charge on any atom is -0.744 e. The number of rotatable bonds is 5. The zero-order valence-electron chi connectivity index (χ0n) is 14.6. The van der Waals surface area contributed by atoms with Gasteiger partial charge in [-0.3, -0.25) is 0 Å². The minimum absolute atomic E-state index is 0. The molecule has 0 atom stereocenters. The molecule has 0 amide bonds. The van der Waals surface area contributed by atoms with Crippen LogP contribution in [0.4, 0.5) is 0 Å². The van der Waals surface area contributed by atoms with Gasteiger partial charge in [-0.15, -0.1) is 0 Å². The molecular formula is C18H23NaO3S. The third kappa shape index (κ3) is 5.04. The van der Waals surface area contributed by atoms with Crippen LogP contribution in [-0.4, -0.2) is 13.0 Å². The van der Waals surface area contributed by atoms with Gasteiger partial charge >= 0.3 is 29.6 Å². The maximum Gasteiger partial charge on any atom is 1.00 e. The molecule has 0 aliphatic rings. The van der Waals surface area contributed by atoms with Crippen molar-refractivity contribution in [2.24, 2.45) is 11.8 Å². The van der Waals surface area contributed by atoms with Crippen LogP contribution in [0.2, 0.25) is 0 Å². The summed E-state index contributed by atoms with van der Waals surface area (Å²) in [6.45, 7) is 8.28. The Bertz CT molecular complexity index is 780. The summed E-state index contributed by atoms with van der Waals surface area (Å²) in [6.07, 6.45) is 1.37. The minimum atomic E-state index is -4.48. The first-order valence-corrected chi connectivity index (χ1v) is 9.10. The molecule has 0 aromatic heterocycles. The van der Waals surface area contributed by atoms with Crippen molar-refractivity contribution in [3.8, 4) is 0 Å². The molecule has 0 aliphatic heterocycles. The molecule has 5 heteroatoms. The van der Waals surface area contributed by atoms with Crippen molar-refractivity contribution in [2.75, 3.05) is 0 Å². The van der Waals surface area contributed by atoms with Crippen LogP contribution < -0.4 is 29.6 Å². The summed E-state index contributed by atoms with van der Waals surface area (Å²) in [5.74, 6) is 0.673. The topological polar surface area (TPSA) is 57.2 Å². The molecule has 0 saturated heterocycles. The Labute approximate surface area is 161 Å². The Balaban J connectivity index is 0.00000264. The summed E-state index contributed by atoms with van der Waals surface area (Å²) in [4.78, 5) is -0.0458. The summed E-state index contributed by atoms with van der Waals surface area (Å²) in [5, 5.41) is 1.87. The van der Waals surface area contributed by atoms with Crippen LogP contribution in [0.15, 0.2) is 35.2 Å². The predicted octanol–water partition coefficient (Wildman–Crippen LogP) is 1.14. The van der Waals surface area contributed by atoms with Crippen molar-refractivity contribution in [3.63, 3.8) is 0 Å². The fourth-order valence-electron chi connectivity index (χ4n) is 2.93. The van der Waals surface area contributed by atoms with E-state index in [0.29, 0.717) is 17.9 Å². The van der Waals surface area contributed by atoms with Crippen LogP contribution in [0.1, 0.15) is 38.8 Å². The van der Waals surface area contributed by atoms with Crippen LogP contribution in [0.25, 0.3) is 10.8 Å². The van der Waals surface area contributed by atoms with Gasteiger partial charge in [-0.2, -0.15) is 0 Å². The van der Waals surface area contributed by atoms with Gasteiger partial charge in [-0.25, -0.2) is 8.42 Å². The zero-order valence-corrected chi connectivity index (χ0v) is 17.4. The third-order valence-corrected chi connectivity index (χ3v) is 4.63. The van der Waals surface area contributed by atoms with E-state index in [2.05, 4.69) is 13.8 Å². The van der Waals surface area contributed by atoms with Crippen LogP contribution in [0.5, 0.6) is 0 Å². The van der Waals surface area contributed by atoms with E-state index in [1.165, 1.54) is 0 Å². The molecule has 0 N–H and O–H groups in total. The van der Waals surface area contributed by atoms with E-state index in [1.807, 2.05) is 38.1 Å². The summed E-state index contributed by atoms with van der Waals surface area (Å²) in [5.41, 5.74) is 1.72. The maximum atomic E-state index is 11.8. The van der Waals surface area contributed by atoms with Crippen molar-refractivity contribution in [1.82, 2.24) is 0 Å². The molecule has 0 bridgehead atoms. The zero-order chi connectivity index (χ0) is 16.5. The fourth-order valence-corrected chi connectivity index (χ4v) is 3.71.